The molecule has 1 aromatic rings. The highest BCUT2D eigenvalue weighted by Gasteiger charge is 2.07. The zero-order chi connectivity index (χ0) is 16.5. The Morgan fingerprint density at radius 3 is 3.00 bits per heavy atom. The van der Waals surface area contributed by atoms with Crippen LogP contribution in [0, 0.1) is 0 Å². The van der Waals surface area contributed by atoms with Crippen molar-refractivity contribution in [1.29, 1.82) is 0 Å². The Bertz CT molecular complexity index is 610. The number of hydrogen-bond acceptors (Lipinski definition) is 4. The molecule has 1 amide bonds. The second kappa shape index (κ2) is 9.55. The van der Waals surface area contributed by atoms with Gasteiger partial charge in [0.1, 0.15) is 0 Å². The van der Waals surface area contributed by atoms with Crippen LogP contribution >= 0.6 is 11.8 Å². The number of H-pyrrole nitrogens is 1. The van der Waals surface area contributed by atoms with Gasteiger partial charge in [-0.2, -0.15) is 0 Å². The average molecular weight is 335 g/mol. The molecule has 0 spiro atoms. The predicted molar refractivity (Wildman–Crippen MR) is 93.8 cm³/mol. The predicted octanol–water partition coefficient (Wildman–Crippen LogP) is 2.82. The van der Waals surface area contributed by atoms with Crippen molar-refractivity contribution in [2.45, 2.75) is 57.0 Å². The molecule has 0 fully saturated rings. The minimum Gasteiger partial charge on any atom is -0.355 e. The van der Waals surface area contributed by atoms with Crippen LogP contribution in [0.4, 0.5) is 0 Å². The smallest absolute Gasteiger partial charge is 0.251 e. The fraction of sp³-hybridized carbons (Fsp3) is 0.588. The van der Waals surface area contributed by atoms with Gasteiger partial charge in [0.15, 0.2) is 5.16 Å². The lowest BCUT2D eigenvalue weighted by Crippen LogP contribution is -2.26. The summed E-state index contributed by atoms with van der Waals surface area (Å²) in [6, 6.07) is 1.52. The van der Waals surface area contributed by atoms with Crippen molar-refractivity contribution in [2.75, 3.05) is 12.3 Å². The summed E-state index contributed by atoms with van der Waals surface area (Å²) in [5.41, 5.74) is 2.08. The molecule has 0 aromatic carbocycles. The number of nitrogens with zero attached hydrogens (tertiary/aromatic N) is 1. The second-order valence-electron chi connectivity index (χ2n) is 5.79. The molecular formula is C17H25N3O2S. The molecule has 0 radical (unpaired) electrons. The summed E-state index contributed by atoms with van der Waals surface area (Å²) in [5, 5.41) is 3.45. The first-order valence-electron chi connectivity index (χ1n) is 8.35. The fourth-order valence-corrected chi connectivity index (χ4v) is 3.34. The maximum atomic E-state index is 11.9. The highest BCUT2D eigenvalue weighted by Crippen LogP contribution is 2.19. The lowest BCUT2D eigenvalue weighted by Gasteiger charge is -2.12. The van der Waals surface area contributed by atoms with Gasteiger partial charge in [-0.1, -0.05) is 36.8 Å². The number of carbonyl (C=O) groups is 1. The number of hydrogen-bond donors (Lipinski definition) is 2. The molecular weight excluding hydrogens is 310 g/mol. The Hall–Kier alpha value is -1.56. The number of aryl methyl sites for hydroxylation is 1. The maximum absolute atomic E-state index is 11.9. The van der Waals surface area contributed by atoms with E-state index in [1.807, 2.05) is 6.92 Å². The van der Waals surface area contributed by atoms with Crippen molar-refractivity contribution in [2.24, 2.45) is 0 Å². The van der Waals surface area contributed by atoms with Crippen LogP contribution in [0.3, 0.4) is 0 Å². The van der Waals surface area contributed by atoms with Gasteiger partial charge in [0.05, 0.1) is 5.75 Å². The van der Waals surface area contributed by atoms with Crippen LogP contribution in [0.25, 0.3) is 0 Å². The number of carbonyl (C=O) groups excluding carboxylic acids is 1. The van der Waals surface area contributed by atoms with E-state index in [1.54, 1.807) is 0 Å². The number of aromatic nitrogens is 2. The molecule has 2 rings (SSSR count). The first-order valence-corrected chi connectivity index (χ1v) is 9.33. The molecule has 2 N–H and O–H groups in total. The fourth-order valence-electron chi connectivity index (χ4n) is 2.62. The highest BCUT2D eigenvalue weighted by molar-refractivity contribution is 7.99. The zero-order valence-corrected chi connectivity index (χ0v) is 14.5. The number of allylic oxidation sites excluding steroid dienone is 1. The van der Waals surface area contributed by atoms with Crippen LogP contribution in [0.5, 0.6) is 0 Å². The van der Waals surface area contributed by atoms with Crippen LogP contribution in [0.2, 0.25) is 0 Å². The van der Waals surface area contributed by atoms with Gasteiger partial charge in [-0.3, -0.25) is 9.59 Å². The van der Waals surface area contributed by atoms with Gasteiger partial charge in [-0.25, -0.2) is 4.98 Å². The van der Waals surface area contributed by atoms with E-state index in [9.17, 15) is 9.59 Å². The minimum absolute atomic E-state index is 0.0186. The van der Waals surface area contributed by atoms with Crippen LogP contribution in [0.15, 0.2) is 27.7 Å². The number of amides is 1. The van der Waals surface area contributed by atoms with Crippen molar-refractivity contribution in [3.05, 3.63) is 33.8 Å². The Kier molecular flexibility index (Phi) is 7.39. The molecule has 0 saturated heterocycles. The lowest BCUT2D eigenvalue weighted by atomic mass is 9.97. The normalized spacial score (nSPS) is 14.4. The molecule has 6 heteroatoms. The van der Waals surface area contributed by atoms with Crippen molar-refractivity contribution >= 4 is 17.7 Å². The van der Waals surface area contributed by atoms with Gasteiger partial charge in [0, 0.05) is 18.3 Å². The zero-order valence-electron chi connectivity index (χ0n) is 13.7. The standard InChI is InChI=1S/C17H25N3O2S/c1-2-6-14-11-15(21)20-17(19-14)23-12-16(22)18-10-9-13-7-4-3-5-8-13/h7,11H,2-6,8-10,12H2,1H3,(H,18,22)(H,19,20,21). The highest BCUT2D eigenvalue weighted by atomic mass is 32.2. The van der Waals surface area contributed by atoms with E-state index in [-0.39, 0.29) is 17.2 Å². The van der Waals surface area contributed by atoms with Gasteiger partial charge in [0.2, 0.25) is 5.91 Å². The molecule has 1 aromatic heterocycles. The summed E-state index contributed by atoms with van der Waals surface area (Å²) < 4.78 is 0. The van der Waals surface area contributed by atoms with Gasteiger partial charge < -0.3 is 10.3 Å². The monoisotopic (exact) mass is 335 g/mol. The molecule has 0 bridgehead atoms. The van der Waals surface area contributed by atoms with Gasteiger partial charge >= 0.3 is 0 Å². The number of aromatic amines is 1. The van der Waals surface area contributed by atoms with Gasteiger partial charge in [0.25, 0.3) is 5.56 Å². The molecule has 0 saturated carbocycles. The summed E-state index contributed by atoms with van der Waals surface area (Å²) in [5.74, 6) is 0.257. The van der Waals surface area contributed by atoms with E-state index in [0.29, 0.717) is 11.7 Å². The molecule has 5 nitrogen and oxygen atoms in total. The minimum atomic E-state index is -0.157. The Labute approximate surface area is 141 Å². The van der Waals surface area contributed by atoms with Gasteiger partial charge in [-0.15, -0.1) is 0 Å². The Morgan fingerprint density at radius 2 is 2.26 bits per heavy atom. The van der Waals surface area contributed by atoms with E-state index in [0.717, 1.165) is 25.0 Å². The molecule has 23 heavy (non-hydrogen) atoms. The van der Waals surface area contributed by atoms with Crippen LogP contribution in [0.1, 0.15) is 51.1 Å². The molecule has 0 aliphatic heterocycles. The van der Waals surface area contributed by atoms with E-state index in [2.05, 4.69) is 21.4 Å². The van der Waals surface area contributed by atoms with Gasteiger partial charge in [-0.05, 0) is 38.5 Å². The van der Waals surface area contributed by atoms with E-state index < -0.39 is 0 Å². The summed E-state index contributed by atoms with van der Waals surface area (Å²) in [6.07, 6.45) is 9.86. The van der Waals surface area contributed by atoms with Crippen LogP contribution in [-0.2, 0) is 11.2 Å². The van der Waals surface area contributed by atoms with Crippen LogP contribution in [-0.4, -0.2) is 28.2 Å². The second-order valence-corrected chi connectivity index (χ2v) is 6.75. The largest absolute Gasteiger partial charge is 0.355 e. The molecule has 1 aliphatic carbocycles. The molecule has 0 atom stereocenters. The molecule has 1 aliphatic rings. The topological polar surface area (TPSA) is 74.8 Å². The third-order valence-electron chi connectivity index (χ3n) is 3.77. The summed E-state index contributed by atoms with van der Waals surface area (Å²) in [6.45, 7) is 2.73. The van der Waals surface area contributed by atoms with E-state index in [1.165, 1.54) is 49.1 Å². The number of thioether (sulfide) groups is 1. The average Bonchev–Trinajstić information content (AvgIpc) is 2.54. The summed E-state index contributed by atoms with van der Waals surface area (Å²) in [4.78, 5) is 30.5. The number of nitrogens with one attached hydrogen (secondary N) is 2. The van der Waals surface area contributed by atoms with Crippen LogP contribution < -0.4 is 10.9 Å². The Morgan fingerprint density at radius 1 is 1.39 bits per heavy atom. The van der Waals surface area contributed by atoms with Crippen molar-refractivity contribution < 1.29 is 4.79 Å². The first kappa shape index (κ1) is 17.8. The molecule has 126 valence electrons. The van der Waals surface area contributed by atoms with E-state index >= 15 is 0 Å². The first-order chi connectivity index (χ1) is 11.2. The maximum Gasteiger partial charge on any atom is 0.251 e. The third kappa shape index (κ3) is 6.60. The van der Waals surface area contributed by atoms with Crippen molar-refractivity contribution in [3.8, 4) is 0 Å². The Balaban J connectivity index is 1.73. The molecule has 1 heterocycles. The van der Waals surface area contributed by atoms with E-state index in [4.69, 9.17) is 0 Å². The quantitative estimate of drug-likeness (QED) is 0.435. The SMILES string of the molecule is CCCc1cc(=O)[nH]c(SCC(=O)NCCC2=CCCCC2)n1. The van der Waals surface area contributed by atoms with Crippen molar-refractivity contribution in [3.63, 3.8) is 0 Å². The third-order valence-corrected chi connectivity index (χ3v) is 4.65. The van der Waals surface area contributed by atoms with Crippen molar-refractivity contribution in [1.82, 2.24) is 15.3 Å². The summed E-state index contributed by atoms with van der Waals surface area (Å²) in [7, 11) is 0. The molecule has 0 unspecified atom stereocenters. The number of rotatable bonds is 8. The lowest BCUT2D eigenvalue weighted by molar-refractivity contribution is -0.118. The summed E-state index contributed by atoms with van der Waals surface area (Å²) >= 11 is 1.28.